The number of ether oxygens (including phenoxy) is 1. The molecular formula is C29H23N3O5. The number of benzene rings is 3. The number of aliphatic carboxylic acids is 1. The van der Waals surface area contributed by atoms with E-state index in [2.05, 4.69) is 0 Å². The summed E-state index contributed by atoms with van der Waals surface area (Å²) >= 11 is 0. The number of para-hydroxylation sites is 1. The molecule has 0 atom stereocenters. The van der Waals surface area contributed by atoms with Crippen molar-refractivity contribution in [3.63, 3.8) is 0 Å². The summed E-state index contributed by atoms with van der Waals surface area (Å²) in [5, 5.41) is 14.1. The van der Waals surface area contributed by atoms with Crippen LogP contribution in [0.25, 0.3) is 22.9 Å². The van der Waals surface area contributed by atoms with Crippen molar-refractivity contribution >= 4 is 29.4 Å². The maximum absolute atomic E-state index is 13.4. The maximum atomic E-state index is 13.4. The highest BCUT2D eigenvalue weighted by atomic mass is 16.5. The van der Waals surface area contributed by atoms with Gasteiger partial charge in [0.05, 0.1) is 13.7 Å². The standard InChI is InChI=1S/C29H23N3O5/c1-37-25-14-8-7-13-23(25)27-20(17-31(30-27)16-19-9-3-2-4-10-19)15-24-21-11-5-6-12-22(21)28(35)32(29(24)36)18-26(33)34/h2-15,17H,16,18H2,1H3,(H,33,34)/b24-15-. The summed E-state index contributed by atoms with van der Waals surface area (Å²) in [4.78, 5) is 38.5. The van der Waals surface area contributed by atoms with Crippen molar-refractivity contribution in [2.45, 2.75) is 6.54 Å². The highest BCUT2D eigenvalue weighted by Crippen LogP contribution is 2.35. The molecule has 1 aliphatic rings. The van der Waals surface area contributed by atoms with Crippen molar-refractivity contribution in [3.8, 4) is 17.0 Å². The number of carbonyl (C=O) groups is 3. The van der Waals surface area contributed by atoms with E-state index >= 15 is 0 Å². The molecule has 1 aliphatic heterocycles. The predicted molar refractivity (Wildman–Crippen MR) is 138 cm³/mol. The molecule has 3 aromatic carbocycles. The molecule has 0 spiro atoms. The molecule has 8 nitrogen and oxygen atoms in total. The van der Waals surface area contributed by atoms with Gasteiger partial charge in [0.25, 0.3) is 11.8 Å². The molecule has 0 bridgehead atoms. The number of carbonyl (C=O) groups excluding carboxylic acids is 2. The average Bonchev–Trinajstić information content (AvgIpc) is 3.31. The molecule has 2 heterocycles. The van der Waals surface area contributed by atoms with E-state index in [1.165, 1.54) is 0 Å². The number of methoxy groups -OCH3 is 1. The number of carboxylic acids is 1. The van der Waals surface area contributed by atoms with E-state index in [0.717, 1.165) is 16.0 Å². The second-order valence-electron chi connectivity index (χ2n) is 8.51. The van der Waals surface area contributed by atoms with Crippen LogP contribution in [0.5, 0.6) is 5.75 Å². The number of aromatic nitrogens is 2. The van der Waals surface area contributed by atoms with Gasteiger partial charge < -0.3 is 9.84 Å². The van der Waals surface area contributed by atoms with Gasteiger partial charge in [-0.05, 0) is 35.4 Å². The normalized spacial score (nSPS) is 14.1. The molecule has 4 aromatic rings. The number of rotatable bonds is 7. The van der Waals surface area contributed by atoms with Crippen molar-refractivity contribution in [1.29, 1.82) is 0 Å². The first-order valence-electron chi connectivity index (χ1n) is 11.6. The van der Waals surface area contributed by atoms with Crippen molar-refractivity contribution < 1.29 is 24.2 Å². The third-order valence-electron chi connectivity index (χ3n) is 6.10. The van der Waals surface area contributed by atoms with Crippen molar-refractivity contribution in [3.05, 3.63) is 107 Å². The Morgan fingerprint density at radius 2 is 1.54 bits per heavy atom. The van der Waals surface area contributed by atoms with Crippen LogP contribution in [0.1, 0.15) is 27.0 Å². The van der Waals surface area contributed by atoms with E-state index in [1.807, 2.05) is 60.8 Å². The number of carboxylic acid groups (broad SMARTS) is 1. The minimum atomic E-state index is -1.27. The lowest BCUT2D eigenvalue weighted by molar-refractivity contribution is -0.141. The molecule has 1 aromatic heterocycles. The molecule has 37 heavy (non-hydrogen) atoms. The van der Waals surface area contributed by atoms with Gasteiger partial charge in [-0.15, -0.1) is 0 Å². The molecule has 0 fully saturated rings. The lowest BCUT2D eigenvalue weighted by Crippen LogP contribution is -2.44. The number of fused-ring (bicyclic) bond motifs is 1. The molecular weight excluding hydrogens is 470 g/mol. The van der Waals surface area contributed by atoms with Crippen LogP contribution in [-0.4, -0.2) is 51.2 Å². The lowest BCUT2D eigenvalue weighted by Gasteiger charge is -2.27. The summed E-state index contributed by atoms with van der Waals surface area (Å²) in [6.07, 6.45) is 3.49. The van der Waals surface area contributed by atoms with E-state index in [0.29, 0.717) is 29.1 Å². The first kappa shape index (κ1) is 23.7. The minimum Gasteiger partial charge on any atom is -0.496 e. The fourth-order valence-electron chi connectivity index (χ4n) is 4.42. The zero-order valence-corrected chi connectivity index (χ0v) is 20.0. The fourth-order valence-corrected chi connectivity index (χ4v) is 4.42. The summed E-state index contributed by atoms with van der Waals surface area (Å²) in [5.41, 5.74) is 3.93. The molecule has 0 aliphatic carbocycles. The minimum absolute atomic E-state index is 0.215. The quantitative estimate of drug-likeness (QED) is 0.306. The Morgan fingerprint density at radius 1 is 0.892 bits per heavy atom. The molecule has 5 rings (SSSR count). The number of hydrogen-bond acceptors (Lipinski definition) is 5. The van der Waals surface area contributed by atoms with Crippen LogP contribution in [0.2, 0.25) is 0 Å². The molecule has 0 radical (unpaired) electrons. The average molecular weight is 494 g/mol. The Bertz CT molecular complexity index is 1540. The molecule has 2 amide bonds. The molecule has 0 saturated heterocycles. The second-order valence-corrected chi connectivity index (χ2v) is 8.51. The van der Waals surface area contributed by atoms with Crippen LogP contribution in [0.3, 0.4) is 0 Å². The topological polar surface area (TPSA) is 102 Å². The Labute approximate surface area is 213 Å². The number of nitrogens with zero attached hydrogens (tertiary/aromatic N) is 3. The summed E-state index contributed by atoms with van der Waals surface area (Å²) in [6, 6.07) is 24.0. The fraction of sp³-hybridized carbons (Fsp3) is 0.103. The Balaban J connectivity index is 1.68. The first-order valence-corrected chi connectivity index (χ1v) is 11.6. The molecule has 1 N–H and O–H groups in total. The van der Waals surface area contributed by atoms with Gasteiger partial charge in [0, 0.05) is 28.5 Å². The van der Waals surface area contributed by atoms with Crippen LogP contribution >= 0.6 is 0 Å². The number of imide groups is 1. The van der Waals surface area contributed by atoms with Gasteiger partial charge in [0.2, 0.25) is 0 Å². The van der Waals surface area contributed by atoms with E-state index in [9.17, 15) is 19.5 Å². The molecule has 8 heteroatoms. The number of hydrogen-bond donors (Lipinski definition) is 1. The highest BCUT2D eigenvalue weighted by Gasteiger charge is 2.36. The Morgan fingerprint density at radius 3 is 2.24 bits per heavy atom. The van der Waals surface area contributed by atoms with Gasteiger partial charge in [-0.25, -0.2) is 0 Å². The maximum Gasteiger partial charge on any atom is 0.323 e. The van der Waals surface area contributed by atoms with Crippen molar-refractivity contribution in [2.75, 3.05) is 13.7 Å². The van der Waals surface area contributed by atoms with Gasteiger partial charge in [-0.3, -0.25) is 24.0 Å². The second kappa shape index (κ2) is 9.94. The van der Waals surface area contributed by atoms with Crippen LogP contribution in [0.4, 0.5) is 0 Å². The zero-order valence-electron chi connectivity index (χ0n) is 20.0. The van der Waals surface area contributed by atoms with Crippen LogP contribution in [-0.2, 0) is 16.1 Å². The lowest BCUT2D eigenvalue weighted by atomic mass is 9.91. The third kappa shape index (κ3) is 4.64. The van der Waals surface area contributed by atoms with Gasteiger partial charge in [0.15, 0.2) is 0 Å². The van der Waals surface area contributed by atoms with Crippen LogP contribution in [0, 0.1) is 0 Å². The van der Waals surface area contributed by atoms with Gasteiger partial charge in [0.1, 0.15) is 18.0 Å². The van der Waals surface area contributed by atoms with E-state index < -0.39 is 24.3 Å². The van der Waals surface area contributed by atoms with E-state index in [1.54, 1.807) is 42.1 Å². The summed E-state index contributed by atoms with van der Waals surface area (Å²) in [5.74, 6) is -1.96. The van der Waals surface area contributed by atoms with Crippen LogP contribution < -0.4 is 4.74 Å². The van der Waals surface area contributed by atoms with E-state index in [4.69, 9.17) is 9.84 Å². The summed E-state index contributed by atoms with van der Waals surface area (Å²) in [7, 11) is 1.58. The third-order valence-corrected chi connectivity index (χ3v) is 6.10. The SMILES string of the molecule is COc1ccccc1-c1nn(Cc2ccccc2)cc1/C=C1\C(=O)N(CC(=O)O)C(=O)c2ccccc21. The molecule has 0 saturated carbocycles. The largest absolute Gasteiger partial charge is 0.496 e. The van der Waals surface area contributed by atoms with Gasteiger partial charge in [-0.1, -0.05) is 60.7 Å². The smallest absolute Gasteiger partial charge is 0.323 e. The highest BCUT2D eigenvalue weighted by molar-refractivity contribution is 6.34. The van der Waals surface area contributed by atoms with Crippen molar-refractivity contribution in [1.82, 2.24) is 14.7 Å². The van der Waals surface area contributed by atoms with Gasteiger partial charge in [-0.2, -0.15) is 5.10 Å². The van der Waals surface area contributed by atoms with Crippen LogP contribution in [0.15, 0.2) is 85.1 Å². The molecule has 0 unspecified atom stereocenters. The Hall–Kier alpha value is -4.98. The zero-order chi connectivity index (χ0) is 25.9. The van der Waals surface area contributed by atoms with E-state index in [-0.39, 0.29) is 11.1 Å². The van der Waals surface area contributed by atoms with Crippen molar-refractivity contribution in [2.24, 2.45) is 0 Å². The summed E-state index contributed by atoms with van der Waals surface area (Å²) < 4.78 is 7.35. The molecule has 184 valence electrons. The van der Waals surface area contributed by atoms with Gasteiger partial charge >= 0.3 is 5.97 Å². The summed E-state index contributed by atoms with van der Waals surface area (Å²) in [6.45, 7) is -0.226. The predicted octanol–water partition coefficient (Wildman–Crippen LogP) is 4.21. The number of amides is 2. The monoisotopic (exact) mass is 493 g/mol. The Kier molecular flexibility index (Phi) is 6.38. The first-order chi connectivity index (χ1) is 18.0.